The minimum absolute atomic E-state index is 0.498. The van der Waals surface area contributed by atoms with E-state index in [4.69, 9.17) is 0 Å². The summed E-state index contributed by atoms with van der Waals surface area (Å²) < 4.78 is 1.31. The molecule has 13 heavy (non-hydrogen) atoms. The summed E-state index contributed by atoms with van der Waals surface area (Å²) in [7, 11) is 0. The fourth-order valence-corrected chi connectivity index (χ4v) is 2.36. The second-order valence-electron chi connectivity index (χ2n) is 3.71. The molecule has 2 heteroatoms. The Kier molecular flexibility index (Phi) is 3.59. The Morgan fingerprint density at radius 2 is 1.62 bits per heavy atom. The van der Waals surface area contributed by atoms with Crippen molar-refractivity contribution in [1.82, 2.24) is 0 Å². The van der Waals surface area contributed by atoms with Crippen LogP contribution in [0.3, 0.4) is 0 Å². The molecule has 1 aromatic carbocycles. The summed E-state index contributed by atoms with van der Waals surface area (Å²) in [5.74, 6) is 0. The number of hydrogen-bond donors (Lipinski definition) is 1. The van der Waals surface area contributed by atoms with Gasteiger partial charge in [-0.15, -0.1) is 0 Å². The van der Waals surface area contributed by atoms with Gasteiger partial charge in [-0.3, -0.25) is 0 Å². The van der Waals surface area contributed by atoms with Crippen molar-refractivity contribution in [1.29, 1.82) is 0 Å². The van der Waals surface area contributed by atoms with Crippen molar-refractivity contribution >= 4 is 28.3 Å². The third kappa shape index (κ3) is 2.86. The normalized spacial score (nSPS) is 10.6. The van der Waals surface area contributed by atoms with Gasteiger partial charge < -0.3 is 5.32 Å². The topological polar surface area (TPSA) is 12.0 Å². The highest BCUT2D eigenvalue weighted by atomic mass is 127. The fraction of sp³-hybridized carbons (Fsp3) is 0.455. The first-order valence-corrected chi connectivity index (χ1v) is 5.62. The number of rotatable bonds is 2. The SMILES string of the molecule is Cc1cc(I)cc(C)c1NC(C)C. The summed E-state index contributed by atoms with van der Waals surface area (Å²) in [4.78, 5) is 0. The zero-order chi connectivity index (χ0) is 10.0. The van der Waals surface area contributed by atoms with Gasteiger partial charge in [-0.05, 0) is 73.5 Å². The van der Waals surface area contributed by atoms with Crippen LogP contribution < -0.4 is 5.32 Å². The van der Waals surface area contributed by atoms with E-state index in [9.17, 15) is 0 Å². The zero-order valence-electron chi connectivity index (χ0n) is 8.61. The van der Waals surface area contributed by atoms with Gasteiger partial charge in [0.2, 0.25) is 0 Å². The highest BCUT2D eigenvalue weighted by Crippen LogP contribution is 2.23. The molecule has 0 fully saturated rings. The summed E-state index contributed by atoms with van der Waals surface area (Å²) >= 11 is 2.35. The molecule has 0 aromatic heterocycles. The Labute approximate surface area is 94.1 Å². The number of aryl methyl sites for hydroxylation is 2. The van der Waals surface area contributed by atoms with Crippen LogP contribution in [0.25, 0.3) is 0 Å². The fourth-order valence-electron chi connectivity index (χ4n) is 1.43. The van der Waals surface area contributed by atoms with Gasteiger partial charge in [0.25, 0.3) is 0 Å². The highest BCUT2D eigenvalue weighted by molar-refractivity contribution is 14.1. The molecule has 0 atom stereocenters. The quantitative estimate of drug-likeness (QED) is 0.818. The number of hydrogen-bond acceptors (Lipinski definition) is 1. The van der Waals surface area contributed by atoms with Crippen LogP contribution in [0.4, 0.5) is 5.69 Å². The standard InChI is InChI=1S/C11H16IN/c1-7(2)13-11-8(3)5-10(12)6-9(11)4/h5-7,13H,1-4H3. The van der Waals surface area contributed by atoms with Crippen molar-refractivity contribution in [3.05, 3.63) is 26.8 Å². The van der Waals surface area contributed by atoms with E-state index in [-0.39, 0.29) is 0 Å². The maximum Gasteiger partial charge on any atom is 0.0402 e. The number of anilines is 1. The van der Waals surface area contributed by atoms with Crippen LogP contribution in [-0.4, -0.2) is 6.04 Å². The van der Waals surface area contributed by atoms with Gasteiger partial charge in [-0.25, -0.2) is 0 Å². The first-order chi connectivity index (χ1) is 6.00. The molecule has 0 aliphatic heterocycles. The summed E-state index contributed by atoms with van der Waals surface area (Å²) in [6, 6.07) is 4.91. The predicted octanol–water partition coefficient (Wildman–Crippen LogP) is 3.73. The van der Waals surface area contributed by atoms with E-state index in [2.05, 4.69) is 67.7 Å². The molecule has 0 unspecified atom stereocenters. The Morgan fingerprint density at radius 1 is 1.15 bits per heavy atom. The van der Waals surface area contributed by atoms with E-state index in [0.717, 1.165) is 0 Å². The van der Waals surface area contributed by atoms with E-state index in [1.165, 1.54) is 20.4 Å². The molecular weight excluding hydrogens is 273 g/mol. The van der Waals surface area contributed by atoms with Gasteiger partial charge >= 0.3 is 0 Å². The van der Waals surface area contributed by atoms with Crippen molar-refractivity contribution in [3.8, 4) is 0 Å². The van der Waals surface area contributed by atoms with Crippen LogP contribution in [0.2, 0.25) is 0 Å². The molecule has 0 amide bonds. The smallest absolute Gasteiger partial charge is 0.0402 e. The van der Waals surface area contributed by atoms with Crippen LogP contribution in [-0.2, 0) is 0 Å². The van der Waals surface area contributed by atoms with E-state index in [1.807, 2.05) is 0 Å². The molecule has 1 rings (SSSR count). The van der Waals surface area contributed by atoms with Crippen molar-refractivity contribution in [2.75, 3.05) is 5.32 Å². The summed E-state index contributed by atoms with van der Waals surface area (Å²) in [6.45, 7) is 8.63. The minimum Gasteiger partial charge on any atom is -0.382 e. The minimum atomic E-state index is 0.498. The lowest BCUT2D eigenvalue weighted by Gasteiger charge is -2.15. The predicted molar refractivity (Wildman–Crippen MR) is 67.4 cm³/mol. The molecule has 1 nitrogen and oxygen atoms in total. The van der Waals surface area contributed by atoms with Crippen LogP contribution in [0.1, 0.15) is 25.0 Å². The van der Waals surface area contributed by atoms with Crippen LogP contribution in [0, 0.1) is 17.4 Å². The largest absolute Gasteiger partial charge is 0.382 e. The number of benzene rings is 1. The molecule has 1 N–H and O–H groups in total. The molecule has 0 heterocycles. The average molecular weight is 289 g/mol. The van der Waals surface area contributed by atoms with E-state index in [1.54, 1.807) is 0 Å². The first-order valence-electron chi connectivity index (χ1n) is 4.54. The summed E-state index contributed by atoms with van der Waals surface area (Å²) in [5, 5.41) is 3.47. The molecule has 1 aromatic rings. The second-order valence-corrected chi connectivity index (χ2v) is 4.96. The monoisotopic (exact) mass is 289 g/mol. The molecule has 0 saturated heterocycles. The lowest BCUT2D eigenvalue weighted by atomic mass is 10.1. The van der Waals surface area contributed by atoms with Crippen molar-refractivity contribution in [3.63, 3.8) is 0 Å². The van der Waals surface area contributed by atoms with E-state index < -0.39 is 0 Å². The van der Waals surface area contributed by atoms with Crippen LogP contribution in [0.5, 0.6) is 0 Å². The average Bonchev–Trinajstić information content (AvgIpc) is 1.96. The molecule has 0 aliphatic rings. The van der Waals surface area contributed by atoms with E-state index in [0.29, 0.717) is 6.04 Å². The molecule has 0 aliphatic carbocycles. The maximum absolute atomic E-state index is 3.47. The third-order valence-corrected chi connectivity index (χ3v) is 2.55. The molecule has 72 valence electrons. The lowest BCUT2D eigenvalue weighted by molar-refractivity contribution is 0.894. The van der Waals surface area contributed by atoms with Crippen molar-refractivity contribution < 1.29 is 0 Å². The Hall–Kier alpha value is -0.250. The van der Waals surface area contributed by atoms with Crippen LogP contribution >= 0.6 is 22.6 Å². The lowest BCUT2D eigenvalue weighted by Crippen LogP contribution is -2.12. The summed E-state index contributed by atoms with van der Waals surface area (Å²) in [5.41, 5.74) is 3.95. The number of nitrogens with one attached hydrogen (secondary N) is 1. The van der Waals surface area contributed by atoms with Crippen molar-refractivity contribution in [2.45, 2.75) is 33.7 Å². The van der Waals surface area contributed by atoms with Gasteiger partial charge in [0, 0.05) is 15.3 Å². The van der Waals surface area contributed by atoms with Gasteiger partial charge in [0.1, 0.15) is 0 Å². The van der Waals surface area contributed by atoms with Crippen LogP contribution in [0.15, 0.2) is 12.1 Å². The zero-order valence-corrected chi connectivity index (χ0v) is 10.8. The molecule has 0 spiro atoms. The van der Waals surface area contributed by atoms with E-state index >= 15 is 0 Å². The Bertz CT molecular complexity index is 282. The number of halogens is 1. The van der Waals surface area contributed by atoms with Crippen molar-refractivity contribution in [2.24, 2.45) is 0 Å². The second kappa shape index (κ2) is 4.31. The molecule has 0 saturated carbocycles. The van der Waals surface area contributed by atoms with Gasteiger partial charge in [0.05, 0.1) is 0 Å². The van der Waals surface area contributed by atoms with Gasteiger partial charge in [-0.2, -0.15) is 0 Å². The highest BCUT2D eigenvalue weighted by Gasteiger charge is 2.04. The third-order valence-electron chi connectivity index (χ3n) is 1.93. The molecular formula is C11H16IN. The molecule has 0 bridgehead atoms. The maximum atomic E-state index is 3.47. The Balaban J connectivity index is 3.06. The Morgan fingerprint density at radius 3 is 2.00 bits per heavy atom. The first kappa shape index (κ1) is 10.8. The summed E-state index contributed by atoms with van der Waals surface area (Å²) in [6.07, 6.45) is 0. The molecule has 0 radical (unpaired) electrons. The van der Waals surface area contributed by atoms with Gasteiger partial charge in [0.15, 0.2) is 0 Å². The van der Waals surface area contributed by atoms with Gasteiger partial charge in [-0.1, -0.05) is 0 Å².